The molecule has 1 aromatic heterocycles. The van der Waals surface area contributed by atoms with E-state index in [4.69, 9.17) is 0 Å². The van der Waals surface area contributed by atoms with E-state index >= 15 is 0 Å². The fraction of sp³-hybridized carbons (Fsp3) is 0.500. The standard InChI is InChI=1S/C20H26N4O.ClH/c1-20(16-6-4-3-5-7-16)8-9-24(14-20)19(25)18-12-21-11-17(18)15-10-22-23(2)13-15;/h3-7,10,13,17-18,21H,8-9,11-12,14H2,1-2H3;1H/t17-,18+,20?;/m1./s1. The van der Waals surface area contributed by atoms with Crippen molar-refractivity contribution in [2.24, 2.45) is 13.0 Å². The van der Waals surface area contributed by atoms with Crippen molar-refractivity contribution in [2.75, 3.05) is 26.2 Å². The van der Waals surface area contributed by atoms with Crippen molar-refractivity contribution in [1.82, 2.24) is 20.0 Å². The highest BCUT2D eigenvalue weighted by Gasteiger charge is 2.42. The molecule has 3 heterocycles. The minimum Gasteiger partial charge on any atom is -0.341 e. The highest BCUT2D eigenvalue weighted by atomic mass is 35.5. The van der Waals surface area contributed by atoms with Crippen molar-refractivity contribution in [3.05, 3.63) is 53.9 Å². The molecule has 1 amide bonds. The molecule has 2 aliphatic heterocycles. The lowest BCUT2D eigenvalue weighted by Gasteiger charge is -2.27. The largest absolute Gasteiger partial charge is 0.341 e. The maximum atomic E-state index is 13.2. The molecule has 2 fully saturated rings. The van der Waals surface area contributed by atoms with E-state index < -0.39 is 0 Å². The molecule has 0 radical (unpaired) electrons. The van der Waals surface area contributed by atoms with Gasteiger partial charge in [0.1, 0.15) is 0 Å². The van der Waals surface area contributed by atoms with E-state index in [1.165, 1.54) is 5.56 Å². The third-order valence-electron chi connectivity index (χ3n) is 5.94. The summed E-state index contributed by atoms with van der Waals surface area (Å²) in [6.45, 7) is 5.55. The fourth-order valence-electron chi connectivity index (χ4n) is 4.38. The Labute approximate surface area is 161 Å². The number of amides is 1. The normalized spacial score (nSPS) is 28.2. The number of aryl methyl sites for hydroxylation is 1. The second-order valence-electron chi connectivity index (χ2n) is 7.76. The smallest absolute Gasteiger partial charge is 0.227 e. The summed E-state index contributed by atoms with van der Waals surface area (Å²) in [5, 5.41) is 7.68. The van der Waals surface area contributed by atoms with Gasteiger partial charge in [-0.1, -0.05) is 37.3 Å². The number of hydrogen-bond acceptors (Lipinski definition) is 3. The van der Waals surface area contributed by atoms with Crippen LogP contribution in [0.25, 0.3) is 0 Å². The lowest BCUT2D eigenvalue weighted by Crippen LogP contribution is -2.39. The van der Waals surface area contributed by atoms with Crippen molar-refractivity contribution in [3.63, 3.8) is 0 Å². The van der Waals surface area contributed by atoms with Crippen molar-refractivity contribution >= 4 is 18.3 Å². The highest BCUT2D eigenvalue weighted by molar-refractivity contribution is 5.85. The quantitative estimate of drug-likeness (QED) is 0.897. The van der Waals surface area contributed by atoms with E-state index in [2.05, 4.69) is 46.5 Å². The summed E-state index contributed by atoms with van der Waals surface area (Å²) >= 11 is 0. The molecule has 0 spiro atoms. The van der Waals surface area contributed by atoms with Crippen LogP contribution in [-0.2, 0) is 17.3 Å². The van der Waals surface area contributed by atoms with Crippen LogP contribution in [0.4, 0.5) is 0 Å². The third kappa shape index (κ3) is 3.38. The Bertz CT molecular complexity index is 762. The summed E-state index contributed by atoms with van der Waals surface area (Å²) in [5.74, 6) is 0.533. The minimum atomic E-state index is 0. The zero-order valence-corrected chi connectivity index (χ0v) is 16.2. The first-order valence-electron chi connectivity index (χ1n) is 9.10. The van der Waals surface area contributed by atoms with Crippen LogP contribution in [0, 0.1) is 5.92 Å². The van der Waals surface area contributed by atoms with E-state index in [-0.39, 0.29) is 29.7 Å². The van der Waals surface area contributed by atoms with E-state index in [1.807, 2.05) is 30.2 Å². The number of rotatable bonds is 3. The Morgan fingerprint density at radius 1 is 1.27 bits per heavy atom. The average Bonchev–Trinajstić information content (AvgIpc) is 3.35. The Morgan fingerprint density at radius 2 is 2.04 bits per heavy atom. The number of hydrogen-bond donors (Lipinski definition) is 1. The predicted octanol–water partition coefficient (Wildman–Crippen LogP) is 2.34. The molecule has 0 aliphatic carbocycles. The zero-order chi connectivity index (χ0) is 17.4. The van der Waals surface area contributed by atoms with Crippen molar-refractivity contribution in [1.29, 1.82) is 0 Å². The maximum Gasteiger partial charge on any atom is 0.227 e. The molecule has 1 unspecified atom stereocenters. The number of nitrogens with one attached hydrogen (secondary N) is 1. The summed E-state index contributed by atoms with van der Waals surface area (Å²) in [4.78, 5) is 15.3. The van der Waals surface area contributed by atoms with Gasteiger partial charge in [0.05, 0.1) is 12.1 Å². The zero-order valence-electron chi connectivity index (χ0n) is 15.4. The molecular weight excluding hydrogens is 348 g/mol. The van der Waals surface area contributed by atoms with Gasteiger partial charge in [-0.3, -0.25) is 9.48 Å². The SMILES string of the molecule is Cl.Cn1cc([C@H]2CNC[C@@H]2C(=O)N2CCC(C)(c3ccccc3)C2)cn1. The molecule has 2 aliphatic rings. The topological polar surface area (TPSA) is 50.2 Å². The number of carbonyl (C=O) groups excluding carboxylic acids is 1. The van der Waals surface area contributed by atoms with Gasteiger partial charge in [0, 0.05) is 50.8 Å². The van der Waals surface area contributed by atoms with Crippen LogP contribution in [0.5, 0.6) is 0 Å². The monoisotopic (exact) mass is 374 g/mol. The molecule has 2 saturated heterocycles. The predicted molar refractivity (Wildman–Crippen MR) is 105 cm³/mol. The van der Waals surface area contributed by atoms with Gasteiger partial charge in [-0.2, -0.15) is 5.10 Å². The van der Waals surface area contributed by atoms with Crippen LogP contribution in [-0.4, -0.2) is 46.8 Å². The van der Waals surface area contributed by atoms with Gasteiger partial charge < -0.3 is 10.2 Å². The molecule has 4 rings (SSSR count). The first kappa shape index (κ1) is 18.9. The molecule has 26 heavy (non-hydrogen) atoms. The molecule has 1 N–H and O–H groups in total. The number of aromatic nitrogens is 2. The van der Waals surface area contributed by atoms with Gasteiger partial charge in [-0.25, -0.2) is 0 Å². The first-order valence-corrected chi connectivity index (χ1v) is 9.10. The van der Waals surface area contributed by atoms with Gasteiger partial charge in [0.25, 0.3) is 0 Å². The molecule has 3 atom stereocenters. The lowest BCUT2D eigenvalue weighted by molar-refractivity contribution is -0.134. The molecule has 0 saturated carbocycles. The molecular formula is C20H27ClN4O. The van der Waals surface area contributed by atoms with Crippen LogP contribution in [0.15, 0.2) is 42.7 Å². The maximum absolute atomic E-state index is 13.2. The van der Waals surface area contributed by atoms with E-state index in [9.17, 15) is 4.79 Å². The van der Waals surface area contributed by atoms with Crippen LogP contribution in [0.3, 0.4) is 0 Å². The molecule has 5 nitrogen and oxygen atoms in total. The second-order valence-corrected chi connectivity index (χ2v) is 7.76. The molecule has 140 valence electrons. The van der Waals surface area contributed by atoms with Gasteiger partial charge in [0.2, 0.25) is 5.91 Å². The van der Waals surface area contributed by atoms with Gasteiger partial charge in [-0.15, -0.1) is 12.4 Å². The number of halogens is 1. The van der Waals surface area contributed by atoms with Crippen molar-refractivity contribution in [3.8, 4) is 0 Å². The van der Waals surface area contributed by atoms with Gasteiger partial charge >= 0.3 is 0 Å². The third-order valence-corrected chi connectivity index (χ3v) is 5.94. The number of benzene rings is 1. The highest BCUT2D eigenvalue weighted by Crippen LogP contribution is 2.36. The van der Waals surface area contributed by atoms with Crippen LogP contribution >= 0.6 is 12.4 Å². The second kappa shape index (κ2) is 7.41. The van der Waals surface area contributed by atoms with Crippen LogP contribution in [0.1, 0.15) is 30.4 Å². The van der Waals surface area contributed by atoms with Crippen LogP contribution < -0.4 is 5.32 Å². The lowest BCUT2D eigenvalue weighted by atomic mass is 9.82. The van der Waals surface area contributed by atoms with E-state index in [1.54, 1.807) is 0 Å². The molecule has 6 heteroatoms. The Hall–Kier alpha value is -1.85. The molecule has 0 bridgehead atoms. The minimum absolute atomic E-state index is 0. The molecule has 2 aromatic rings. The average molecular weight is 375 g/mol. The Kier molecular flexibility index (Phi) is 5.39. The summed E-state index contributed by atoms with van der Waals surface area (Å²) in [5.41, 5.74) is 2.56. The summed E-state index contributed by atoms with van der Waals surface area (Å²) < 4.78 is 1.82. The summed E-state index contributed by atoms with van der Waals surface area (Å²) in [6, 6.07) is 10.6. The number of carbonyl (C=O) groups is 1. The van der Waals surface area contributed by atoms with Gasteiger partial charge in [-0.05, 0) is 17.5 Å². The number of likely N-dealkylation sites (tertiary alicyclic amines) is 1. The Morgan fingerprint density at radius 3 is 2.73 bits per heavy atom. The fourth-order valence-corrected chi connectivity index (χ4v) is 4.38. The van der Waals surface area contributed by atoms with Crippen molar-refractivity contribution < 1.29 is 4.79 Å². The van der Waals surface area contributed by atoms with Crippen LogP contribution in [0.2, 0.25) is 0 Å². The van der Waals surface area contributed by atoms with Gasteiger partial charge in [0.15, 0.2) is 0 Å². The summed E-state index contributed by atoms with van der Waals surface area (Å²) in [7, 11) is 1.93. The van der Waals surface area contributed by atoms with E-state index in [0.717, 1.165) is 38.2 Å². The first-order chi connectivity index (χ1) is 12.1. The molecule has 1 aromatic carbocycles. The Balaban J connectivity index is 0.00000196. The number of nitrogens with zero attached hydrogens (tertiary/aromatic N) is 3. The van der Waals surface area contributed by atoms with Crippen molar-refractivity contribution in [2.45, 2.75) is 24.7 Å². The summed E-state index contributed by atoms with van der Waals surface area (Å²) in [6.07, 6.45) is 4.96. The van der Waals surface area contributed by atoms with E-state index in [0.29, 0.717) is 5.91 Å².